The van der Waals surface area contributed by atoms with Gasteiger partial charge in [-0.25, -0.2) is 4.39 Å². The Bertz CT molecular complexity index is 491. The largest absolute Gasteiger partial charge is 0.352 e. The first-order chi connectivity index (χ1) is 8.63. The van der Waals surface area contributed by atoms with Crippen LogP contribution < -0.4 is 0 Å². The SMILES string of the molecule is CCCC1(CN2Cc3ccc(F)cc3C2=N)CC1. The molecule has 96 valence electrons. The van der Waals surface area contributed by atoms with Crippen LogP contribution in [0.15, 0.2) is 18.2 Å². The topological polar surface area (TPSA) is 27.1 Å². The third kappa shape index (κ3) is 1.92. The fourth-order valence-corrected chi connectivity index (χ4v) is 3.10. The number of halogens is 1. The molecular formula is C15H19FN2. The van der Waals surface area contributed by atoms with E-state index in [1.807, 2.05) is 6.07 Å². The molecule has 0 saturated heterocycles. The molecule has 1 aliphatic carbocycles. The zero-order valence-corrected chi connectivity index (χ0v) is 10.8. The lowest BCUT2D eigenvalue weighted by atomic mass is 10.0. The number of rotatable bonds is 4. The molecule has 2 nitrogen and oxygen atoms in total. The van der Waals surface area contributed by atoms with Crippen LogP contribution >= 0.6 is 0 Å². The fraction of sp³-hybridized carbons (Fsp3) is 0.533. The predicted octanol–water partition coefficient (Wildman–Crippen LogP) is 3.55. The van der Waals surface area contributed by atoms with E-state index in [0.717, 1.165) is 24.2 Å². The highest BCUT2D eigenvalue weighted by molar-refractivity contribution is 6.00. The third-order valence-corrected chi connectivity index (χ3v) is 4.27. The van der Waals surface area contributed by atoms with Gasteiger partial charge in [0.25, 0.3) is 0 Å². The zero-order chi connectivity index (χ0) is 12.8. The molecule has 1 aliphatic heterocycles. The first-order valence-corrected chi connectivity index (χ1v) is 6.76. The second-order valence-corrected chi connectivity index (χ2v) is 5.76. The molecule has 1 N–H and O–H groups in total. The van der Waals surface area contributed by atoms with Gasteiger partial charge in [-0.3, -0.25) is 5.41 Å². The Morgan fingerprint density at radius 2 is 2.17 bits per heavy atom. The minimum atomic E-state index is -0.241. The lowest BCUT2D eigenvalue weighted by Gasteiger charge is -2.24. The molecule has 0 unspecified atom stereocenters. The Morgan fingerprint density at radius 1 is 1.39 bits per heavy atom. The molecule has 18 heavy (non-hydrogen) atoms. The van der Waals surface area contributed by atoms with Crippen LogP contribution in [0.4, 0.5) is 4.39 Å². The van der Waals surface area contributed by atoms with Crippen molar-refractivity contribution in [1.82, 2.24) is 4.90 Å². The highest BCUT2D eigenvalue weighted by Crippen LogP contribution is 2.50. The van der Waals surface area contributed by atoms with Crippen LogP contribution in [0.25, 0.3) is 0 Å². The number of nitrogens with zero attached hydrogens (tertiary/aromatic N) is 1. The number of benzene rings is 1. The van der Waals surface area contributed by atoms with E-state index in [9.17, 15) is 4.39 Å². The third-order valence-electron chi connectivity index (χ3n) is 4.27. The molecule has 0 aromatic heterocycles. The molecule has 1 fully saturated rings. The standard InChI is InChI=1S/C15H19FN2/c1-2-5-15(6-7-15)10-18-9-11-3-4-12(16)8-13(11)14(18)17/h3-4,8,17H,2,5-7,9-10H2,1H3. The normalized spacial score (nSPS) is 20.1. The molecule has 1 saturated carbocycles. The van der Waals surface area contributed by atoms with Gasteiger partial charge in [0, 0.05) is 18.7 Å². The Labute approximate surface area is 107 Å². The van der Waals surface area contributed by atoms with Gasteiger partial charge in [-0.1, -0.05) is 19.4 Å². The Hall–Kier alpha value is -1.38. The lowest BCUT2D eigenvalue weighted by Crippen LogP contribution is -2.30. The highest BCUT2D eigenvalue weighted by Gasteiger charge is 2.44. The Morgan fingerprint density at radius 3 is 2.83 bits per heavy atom. The summed E-state index contributed by atoms with van der Waals surface area (Å²) in [6, 6.07) is 4.81. The molecule has 0 amide bonds. The van der Waals surface area contributed by atoms with Crippen molar-refractivity contribution >= 4 is 5.84 Å². The van der Waals surface area contributed by atoms with E-state index < -0.39 is 0 Å². The molecule has 3 heteroatoms. The second-order valence-electron chi connectivity index (χ2n) is 5.76. The van der Waals surface area contributed by atoms with Crippen LogP contribution in [0.2, 0.25) is 0 Å². The van der Waals surface area contributed by atoms with E-state index in [2.05, 4.69) is 11.8 Å². The average molecular weight is 246 g/mol. The molecule has 1 aromatic rings. The van der Waals surface area contributed by atoms with Crippen molar-refractivity contribution in [2.45, 2.75) is 39.2 Å². The van der Waals surface area contributed by atoms with Crippen molar-refractivity contribution in [2.75, 3.05) is 6.54 Å². The van der Waals surface area contributed by atoms with E-state index in [-0.39, 0.29) is 5.82 Å². The summed E-state index contributed by atoms with van der Waals surface area (Å²) in [5.41, 5.74) is 2.32. The number of hydrogen-bond donors (Lipinski definition) is 1. The molecular weight excluding hydrogens is 227 g/mol. The van der Waals surface area contributed by atoms with E-state index >= 15 is 0 Å². The maximum absolute atomic E-state index is 13.2. The van der Waals surface area contributed by atoms with E-state index in [0.29, 0.717) is 11.3 Å². The van der Waals surface area contributed by atoms with Gasteiger partial charge in [0.15, 0.2) is 0 Å². The molecule has 2 aliphatic rings. The smallest absolute Gasteiger partial charge is 0.128 e. The summed E-state index contributed by atoms with van der Waals surface area (Å²) in [4.78, 5) is 2.12. The summed E-state index contributed by atoms with van der Waals surface area (Å²) < 4.78 is 13.2. The molecule has 0 atom stereocenters. The van der Waals surface area contributed by atoms with Crippen LogP contribution in [0.5, 0.6) is 0 Å². The predicted molar refractivity (Wildman–Crippen MR) is 70.2 cm³/mol. The van der Waals surface area contributed by atoms with Crippen molar-refractivity contribution in [2.24, 2.45) is 5.41 Å². The molecule has 1 heterocycles. The maximum atomic E-state index is 13.2. The van der Waals surface area contributed by atoms with Gasteiger partial charge < -0.3 is 4.90 Å². The van der Waals surface area contributed by atoms with Crippen molar-refractivity contribution in [3.8, 4) is 0 Å². The minimum Gasteiger partial charge on any atom is -0.352 e. The summed E-state index contributed by atoms with van der Waals surface area (Å²) in [6.45, 7) is 3.97. The number of amidine groups is 1. The van der Waals surface area contributed by atoms with Gasteiger partial charge in [-0.05, 0) is 42.4 Å². The fourth-order valence-electron chi connectivity index (χ4n) is 3.10. The lowest BCUT2D eigenvalue weighted by molar-refractivity contribution is 0.307. The summed E-state index contributed by atoms with van der Waals surface area (Å²) in [7, 11) is 0. The van der Waals surface area contributed by atoms with Gasteiger partial charge in [0.2, 0.25) is 0 Å². The summed E-state index contributed by atoms with van der Waals surface area (Å²) in [5, 5.41) is 8.18. The summed E-state index contributed by atoms with van der Waals surface area (Å²) >= 11 is 0. The van der Waals surface area contributed by atoms with Crippen LogP contribution in [-0.4, -0.2) is 17.3 Å². The van der Waals surface area contributed by atoms with Gasteiger partial charge >= 0.3 is 0 Å². The second kappa shape index (κ2) is 4.08. The van der Waals surface area contributed by atoms with Crippen LogP contribution in [0.3, 0.4) is 0 Å². The Kier molecular flexibility index (Phi) is 2.65. The van der Waals surface area contributed by atoms with Crippen molar-refractivity contribution in [3.05, 3.63) is 35.1 Å². The zero-order valence-electron chi connectivity index (χ0n) is 10.8. The van der Waals surface area contributed by atoms with Gasteiger partial charge in [-0.2, -0.15) is 0 Å². The van der Waals surface area contributed by atoms with Crippen LogP contribution in [-0.2, 0) is 6.54 Å². The number of hydrogen-bond acceptors (Lipinski definition) is 1. The molecule has 0 bridgehead atoms. The van der Waals surface area contributed by atoms with Gasteiger partial charge in [0.05, 0.1) is 0 Å². The monoisotopic (exact) mass is 246 g/mol. The summed E-state index contributed by atoms with van der Waals surface area (Å²) in [6.07, 6.45) is 5.04. The van der Waals surface area contributed by atoms with Crippen LogP contribution in [0.1, 0.15) is 43.7 Å². The summed E-state index contributed by atoms with van der Waals surface area (Å²) in [5.74, 6) is 0.266. The Balaban J connectivity index is 1.76. The van der Waals surface area contributed by atoms with Crippen molar-refractivity contribution in [1.29, 1.82) is 5.41 Å². The number of nitrogens with one attached hydrogen (secondary N) is 1. The van der Waals surface area contributed by atoms with Crippen LogP contribution in [0, 0.1) is 16.6 Å². The average Bonchev–Trinajstić information content (AvgIpc) is 3.03. The quantitative estimate of drug-likeness (QED) is 0.864. The van der Waals surface area contributed by atoms with E-state index in [1.165, 1.54) is 37.8 Å². The maximum Gasteiger partial charge on any atom is 0.128 e. The molecule has 3 rings (SSSR count). The van der Waals surface area contributed by atoms with E-state index in [1.54, 1.807) is 0 Å². The highest BCUT2D eigenvalue weighted by atomic mass is 19.1. The minimum absolute atomic E-state index is 0.241. The van der Waals surface area contributed by atoms with E-state index in [4.69, 9.17) is 5.41 Å². The molecule has 0 spiro atoms. The molecule has 1 aromatic carbocycles. The van der Waals surface area contributed by atoms with Crippen molar-refractivity contribution in [3.63, 3.8) is 0 Å². The first kappa shape index (κ1) is 11.7. The van der Waals surface area contributed by atoms with Crippen molar-refractivity contribution < 1.29 is 4.39 Å². The van der Waals surface area contributed by atoms with Gasteiger partial charge in [0.1, 0.15) is 11.7 Å². The van der Waals surface area contributed by atoms with Gasteiger partial charge in [-0.15, -0.1) is 0 Å². The molecule has 0 radical (unpaired) electrons. The number of fused-ring (bicyclic) bond motifs is 1. The first-order valence-electron chi connectivity index (χ1n) is 6.76.